The molecule has 0 atom stereocenters. The van der Waals surface area contributed by atoms with Crippen LogP contribution in [0.15, 0.2) is 42.0 Å². The maximum atomic E-state index is 12.3. The Morgan fingerprint density at radius 1 is 1.28 bits per heavy atom. The second-order valence-electron chi connectivity index (χ2n) is 5.05. The van der Waals surface area contributed by atoms with Gasteiger partial charge in [-0.1, -0.05) is 29.3 Å². The lowest BCUT2D eigenvalue weighted by Crippen LogP contribution is -2.14. The van der Waals surface area contributed by atoms with Gasteiger partial charge in [0.25, 0.3) is 11.6 Å². The molecule has 1 amide bonds. The minimum Gasteiger partial charge on any atom is -0.321 e. The number of nitro groups is 1. The summed E-state index contributed by atoms with van der Waals surface area (Å²) in [4.78, 5) is 22.5. The van der Waals surface area contributed by atoms with Crippen molar-refractivity contribution < 1.29 is 9.72 Å². The molecule has 2 aromatic rings. The van der Waals surface area contributed by atoms with Crippen LogP contribution < -0.4 is 5.32 Å². The minimum absolute atomic E-state index is 0.0838. The number of aryl methyl sites for hydroxylation is 1. The summed E-state index contributed by atoms with van der Waals surface area (Å²) < 4.78 is 0. The third-order valence-electron chi connectivity index (χ3n) is 3.30. The van der Waals surface area contributed by atoms with Crippen molar-refractivity contribution in [3.63, 3.8) is 0 Å². The fraction of sp³-hybridized carbons (Fsp3) is 0.0588. The number of nitriles is 1. The standard InChI is InChI=1S/C17H11Cl2N3O3/c1-10-6-14(22(24)25)4-5-16(10)21-17(23)12(9-20)7-11-2-3-13(18)8-15(11)19/h2-8H,1H3,(H,21,23)/b12-7+. The zero-order valence-electron chi connectivity index (χ0n) is 12.9. The van der Waals surface area contributed by atoms with Gasteiger partial charge in [0.1, 0.15) is 11.6 Å². The normalized spacial score (nSPS) is 10.9. The maximum absolute atomic E-state index is 12.3. The van der Waals surface area contributed by atoms with E-state index in [-0.39, 0.29) is 11.3 Å². The number of carbonyl (C=O) groups is 1. The summed E-state index contributed by atoms with van der Waals surface area (Å²) in [5.41, 5.74) is 1.10. The third kappa shape index (κ3) is 4.57. The highest BCUT2D eigenvalue weighted by atomic mass is 35.5. The molecule has 1 N–H and O–H groups in total. The molecule has 0 aliphatic carbocycles. The second kappa shape index (κ2) is 7.79. The molecule has 0 spiro atoms. The number of amides is 1. The molecule has 0 saturated heterocycles. The van der Waals surface area contributed by atoms with Crippen LogP contribution in [-0.2, 0) is 4.79 Å². The maximum Gasteiger partial charge on any atom is 0.269 e. The van der Waals surface area contributed by atoms with Crippen LogP contribution in [0.1, 0.15) is 11.1 Å². The molecule has 2 aromatic carbocycles. The Kier molecular flexibility index (Phi) is 5.75. The van der Waals surface area contributed by atoms with Gasteiger partial charge >= 0.3 is 0 Å². The number of hydrogen-bond acceptors (Lipinski definition) is 4. The molecule has 6 nitrogen and oxygen atoms in total. The molecule has 0 heterocycles. The SMILES string of the molecule is Cc1cc([N+](=O)[O-])ccc1NC(=O)/C(C#N)=C/c1ccc(Cl)cc1Cl. The lowest BCUT2D eigenvalue weighted by atomic mass is 10.1. The van der Waals surface area contributed by atoms with Crippen LogP contribution in [0, 0.1) is 28.4 Å². The number of anilines is 1. The predicted octanol–water partition coefficient (Wildman–Crippen LogP) is 4.76. The van der Waals surface area contributed by atoms with Gasteiger partial charge in [0, 0.05) is 27.9 Å². The zero-order valence-corrected chi connectivity index (χ0v) is 14.4. The van der Waals surface area contributed by atoms with E-state index in [2.05, 4.69) is 5.32 Å². The minimum atomic E-state index is -0.648. The van der Waals surface area contributed by atoms with Gasteiger partial charge in [-0.25, -0.2) is 0 Å². The first-order valence-corrected chi connectivity index (χ1v) is 7.70. The monoisotopic (exact) mass is 375 g/mol. The molecule has 0 bridgehead atoms. The fourth-order valence-electron chi connectivity index (χ4n) is 2.01. The number of hydrogen-bond donors (Lipinski definition) is 1. The molecule has 0 fully saturated rings. The van der Waals surface area contributed by atoms with Crippen LogP contribution in [0.4, 0.5) is 11.4 Å². The van der Waals surface area contributed by atoms with Gasteiger partial charge in [0.05, 0.1) is 4.92 Å². The Balaban J connectivity index is 2.28. The molecule has 0 aliphatic rings. The Hall–Kier alpha value is -2.88. The Labute approximate surface area is 153 Å². The lowest BCUT2D eigenvalue weighted by Gasteiger charge is -2.08. The highest BCUT2D eigenvalue weighted by molar-refractivity contribution is 6.35. The number of rotatable bonds is 4. The van der Waals surface area contributed by atoms with Gasteiger partial charge in [-0.15, -0.1) is 0 Å². The summed E-state index contributed by atoms with van der Waals surface area (Å²) >= 11 is 11.8. The topological polar surface area (TPSA) is 96.0 Å². The molecular formula is C17H11Cl2N3O3. The molecule has 2 rings (SSSR count). The van der Waals surface area contributed by atoms with Crippen LogP contribution in [-0.4, -0.2) is 10.8 Å². The Morgan fingerprint density at radius 2 is 2.00 bits per heavy atom. The molecule has 0 unspecified atom stereocenters. The van der Waals surface area contributed by atoms with Crippen LogP contribution in [0.5, 0.6) is 0 Å². The fourth-order valence-corrected chi connectivity index (χ4v) is 2.48. The molecule has 0 radical (unpaired) electrons. The van der Waals surface area contributed by atoms with Gasteiger partial charge in [-0.2, -0.15) is 5.26 Å². The Morgan fingerprint density at radius 3 is 2.56 bits per heavy atom. The molecule has 0 aliphatic heterocycles. The first-order valence-electron chi connectivity index (χ1n) is 6.95. The summed E-state index contributed by atoms with van der Waals surface area (Å²) in [5, 5.41) is 23.3. The van der Waals surface area contributed by atoms with E-state index in [1.54, 1.807) is 19.1 Å². The number of halogens is 2. The number of carbonyl (C=O) groups excluding carboxylic acids is 1. The van der Waals surface area contributed by atoms with Crippen LogP contribution >= 0.6 is 23.2 Å². The van der Waals surface area contributed by atoms with E-state index in [4.69, 9.17) is 23.2 Å². The third-order valence-corrected chi connectivity index (χ3v) is 3.86. The number of nitro benzene ring substituents is 1. The first-order chi connectivity index (χ1) is 11.8. The number of nitrogens with one attached hydrogen (secondary N) is 1. The number of benzene rings is 2. The summed E-state index contributed by atoms with van der Waals surface area (Å²) in [5.74, 6) is -0.648. The van der Waals surface area contributed by atoms with Crippen LogP contribution in [0.2, 0.25) is 10.0 Å². The van der Waals surface area contributed by atoms with E-state index in [1.807, 2.05) is 6.07 Å². The first kappa shape index (κ1) is 18.5. The van der Waals surface area contributed by atoms with E-state index < -0.39 is 10.8 Å². The average Bonchev–Trinajstić information content (AvgIpc) is 2.55. The van der Waals surface area contributed by atoms with Crippen molar-refractivity contribution in [2.24, 2.45) is 0 Å². The molecule has 0 aromatic heterocycles. The van der Waals surface area contributed by atoms with Gasteiger partial charge in [0.2, 0.25) is 0 Å². The van der Waals surface area contributed by atoms with Crippen molar-refractivity contribution >= 4 is 46.6 Å². The van der Waals surface area contributed by atoms with Crippen molar-refractivity contribution in [3.05, 3.63) is 73.3 Å². The van der Waals surface area contributed by atoms with E-state index >= 15 is 0 Å². The van der Waals surface area contributed by atoms with Crippen molar-refractivity contribution in [2.75, 3.05) is 5.32 Å². The van der Waals surface area contributed by atoms with Crippen molar-refractivity contribution in [2.45, 2.75) is 6.92 Å². The summed E-state index contributed by atoms with van der Waals surface area (Å²) in [7, 11) is 0. The molecule has 8 heteroatoms. The Bertz CT molecular complexity index is 933. The van der Waals surface area contributed by atoms with Gasteiger partial charge < -0.3 is 5.32 Å². The smallest absolute Gasteiger partial charge is 0.269 e. The number of nitrogens with zero attached hydrogens (tertiary/aromatic N) is 2. The van der Waals surface area contributed by atoms with Gasteiger partial charge in [-0.3, -0.25) is 14.9 Å². The summed E-state index contributed by atoms with van der Waals surface area (Å²) in [6.45, 7) is 1.62. The lowest BCUT2D eigenvalue weighted by molar-refractivity contribution is -0.384. The molecule has 126 valence electrons. The van der Waals surface area contributed by atoms with Crippen LogP contribution in [0.25, 0.3) is 6.08 Å². The predicted molar refractivity (Wildman–Crippen MR) is 96.5 cm³/mol. The van der Waals surface area contributed by atoms with Gasteiger partial charge in [-0.05, 0) is 42.3 Å². The van der Waals surface area contributed by atoms with E-state index in [0.717, 1.165) is 0 Å². The van der Waals surface area contributed by atoms with Crippen LogP contribution in [0.3, 0.4) is 0 Å². The quantitative estimate of drug-likeness (QED) is 0.360. The second-order valence-corrected chi connectivity index (χ2v) is 5.89. The zero-order chi connectivity index (χ0) is 18.6. The average molecular weight is 376 g/mol. The van der Waals surface area contributed by atoms with Crippen molar-refractivity contribution in [1.29, 1.82) is 5.26 Å². The van der Waals surface area contributed by atoms with E-state index in [0.29, 0.717) is 26.9 Å². The van der Waals surface area contributed by atoms with Gasteiger partial charge in [0.15, 0.2) is 0 Å². The van der Waals surface area contributed by atoms with Crippen molar-refractivity contribution in [1.82, 2.24) is 0 Å². The van der Waals surface area contributed by atoms with E-state index in [9.17, 15) is 20.2 Å². The summed E-state index contributed by atoms with van der Waals surface area (Å²) in [6.07, 6.45) is 1.34. The molecule has 0 saturated carbocycles. The van der Waals surface area contributed by atoms with Crippen molar-refractivity contribution in [3.8, 4) is 6.07 Å². The highest BCUT2D eigenvalue weighted by Crippen LogP contribution is 2.24. The molecular weight excluding hydrogens is 365 g/mol. The number of non-ortho nitro benzene ring substituents is 1. The molecule has 25 heavy (non-hydrogen) atoms. The summed E-state index contributed by atoms with van der Waals surface area (Å²) in [6, 6.07) is 10.5. The van der Waals surface area contributed by atoms with E-state index in [1.165, 1.54) is 30.3 Å². The highest BCUT2D eigenvalue weighted by Gasteiger charge is 2.14. The largest absolute Gasteiger partial charge is 0.321 e.